The van der Waals surface area contributed by atoms with E-state index in [1.165, 1.54) is 0 Å². The van der Waals surface area contributed by atoms with E-state index < -0.39 is 11.8 Å². The molecule has 4 nitrogen and oxygen atoms in total. The molecule has 4 heteroatoms. The van der Waals surface area contributed by atoms with Gasteiger partial charge in [0.05, 0.1) is 5.92 Å². The summed E-state index contributed by atoms with van der Waals surface area (Å²) in [4.78, 5) is 21.6. The van der Waals surface area contributed by atoms with E-state index >= 15 is 0 Å². The number of nitrogens with two attached hydrogens (primary N) is 1. The molecule has 0 bridgehead atoms. The minimum Gasteiger partial charge on any atom is -0.327 e. The van der Waals surface area contributed by atoms with Crippen LogP contribution in [0, 0.1) is 16.2 Å². The number of nitroso groups, excluding NO2 is 1. The van der Waals surface area contributed by atoms with Crippen molar-refractivity contribution in [2.75, 3.05) is 0 Å². The summed E-state index contributed by atoms with van der Waals surface area (Å²) in [5.74, 6) is -1.03. The standard InChI is InChI=1S/C11H22N2O2/c1-5-9(12)8(10(14)13-15)7-11(3,4)6-2/h8-9H,5-7,12H2,1-4H3. The lowest BCUT2D eigenvalue weighted by molar-refractivity contribution is -0.123. The second kappa shape index (κ2) is 5.95. The Hall–Kier alpha value is -0.770. The van der Waals surface area contributed by atoms with Crippen LogP contribution in [0.4, 0.5) is 0 Å². The second-order valence-corrected chi connectivity index (χ2v) is 4.83. The van der Waals surface area contributed by atoms with E-state index in [9.17, 15) is 9.70 Å². The highest BCUT2D eigenvalue weighted by Crippen LogP contribution is 2.31. The summed E-state index contributed by atoms with van der Waals surface area (Å²) in [6.45, 7) is 8.11. The smallest absolute Gasteiger partial charge is 0.290 e. The van der Waals surface area contributed by atoms with Crippen LogP contribution in [0.5, 0.6) is 0 Å². The Morgan fingerprint density at radius 3 is 2.27 bits per heavy atom. The predicted octanol–water partition coefficient (Wildman–Crippen LogP) is 2.46. The fourth-order valence-electron chi connectivity index (χ4n) is 1.51. The Balaban J connectivity index is 4.65. The molecule has 0 aliphatic rings. The molecule has 0 aromatic carbocycles. The Morgan fingerprint density at radius 1 is 1.40 bits per heavy atom. The van der Waals surface area contributed by atoms with Crippen LogP contribution in [0.2, 0.25) is 0 Å². The second-order valence-electron chi connectivity index (χ2n) is 4.83. The molecule has 0 aliphatic carbocycles. The third-order valence-corrected chi connectivity index (χ3v) is 3.13. The van der Waals surface area contributed by atoms with Gasteiger partial charge in [0, 0.05) is 11.2 Å². The zero-order valence-corrected chi connectivity index (χ0v) is 10.1. The van der Waals surface area contributed by atoms with Gasteiger partial charge in [-0.3, -0.25) is 4.79 Å². The summed E-state index contributed by atoms with van der Waals surface area (Å²) in [7, 11) is 0. The molecule has 2 atom stereocenters. The monoisotopic (exact) mass is 214 g/mol. The zero-order valence-electron chi connectivity index (χ0n) is 10.1. The number of hydrogen-bond donors (Lipinski definition) is 1. The van der Waals surface area contributed by atoms with E-state index in [-0.39, 0.29) is 11.5 Å². The van der Waals surface area contributed by atoms with Crippen molar-refractivity contribution in [1.29, 1.82) is 0 Å². The highest BCUT2D eigenvalue weighted by Gasteiger charge is 2.31. The minimum absolute atomic E-state index is 0.0256. The van der Waals surface area contributed by atoms with Gasteiger partial charge >= 0.3 is 0 Å². The van der Waals surface area contributed by atoms with Crippen LogP contribution in [0.1, 0.15) is 47.0 Å². The number of hydrogen-bond acceptors (Lipinski definition) is 3. The summed E-state index contributed by atoms with van der Waals surface area (Å²) in [5.41, 5.74) is 5.86. The maximum Gasteiger partial charge on any atom is 0.290 e. The zero-order chi connectivity index (χ0) is 12.1. The number of rotatable bonds is 6. The van der Waals surface area contributed by atoms with Crippen LogP contribution in [-0.4, -0.2) is 11.9 Å². The topological polar surface area (TPSA) is 72.5 Å². The van der Waals surface area contributed by atoms with Gasteiger partial charge in [-0.1, -0.05) is 34.1 Å². The molecule has 0 aliphatic heterocycles. The molecule has 15 heavy (non-hydrogen) atoms. The van der Waals surface area contributed by atoms with Crippen molar-refractivity contribution in [3.8, 4) is 0 Å². The number of amides is 1. The lowest BCUT2D eigenvalue weighted by Crippen LogP contribution is -2.37. The van der Waals surface area contributed by atoms with Gasteiger partial charge in [0.1, 0.15) is 0 Å². The third kappa shape index (κ3) is 4.51. The van der Waals surface area contributed by atoms with Crippen molar-refractivity contribution in [2.45, 2.75) is 53.0 Å². The van der Waals surface area contributed by atoms with Crippen LogP contribution in [0.25, 0.3) is 0 Å². The predicted molar refractivity (Wildman–Crippen MR) is 61.2 cm³/mol. The first-order valence-electron chi connectivity index (χ1n) is 5.50. The molecule has 0 aromatic rings. The summed E-state index contributed by atoms with van der Waals surface area (Å²) >= 11 is 0. The SMILES string of the molecule is CCC(N)C(CC(C)(C)CC)C(=O)N=O. The average Bonchev–Trinajstić information content (AvgIpc) is 2.23. The molecule has 0 radical (unpaired) electrons. The first-order valence-corrected chi connectivity index (χ1v) is 5.50. The van der Waals surface area contributed by atoms with Crippen LogP contribution in [-0.2, 0) is 4.79 Å². The van der Waals surface area contributed by atoms with E-state index in [4.69, 9.17) is 5.73 Å². The Kier molecular flexibility index (Phi) is 5.65. The van der Waals surface area contributed by atoms with Crippen LogP contribution < -0.4 is 5.73 Å². The molecular weight excluding hydrogens is 192 g/mol. The molecular formula is C11H22N2O2. The van der Waals surface area contributed by atoms with Crippen LogP contribution in [0.15, 0.2) is 5.18 Å². The van der Waals surface area contributed by atoms with E-state index in [0.29, 0.717) is 12.8 Å². The molecule has 0 spiro atoms. The molecule has 88 valence electrons. The molecule has 0 fully saturated rings. The summed E-state index contributed by atoms with van der Waals surface area (Å²) < 4.78 is 0. The largest absolute Gasteiger partial charge is 0.327 e. The Morgan fingerprint density at radius 2 is 1.93 bits per heavy atom. The summed E-state index contributed by atoms with van der Waals surface area (Å²) in [6.07, 6.45) is 2.26. The van der Waals surface area contributed by atoms with Crippen molar-refractivity contribution < 1.29 is 4.79 Å². The van der Waals surface area contributed by atoms with Gasteiger partial charge < -0.3 is 5.73 Å². The average molecular weight is 214 g/mol. The summed E-state index contributed by atoms with van der Waals surface area (Å²) in [6, 6.07) is -0.263. The number of carbonyl (C=O) groups excluding carboxylic acids is 1. The van der Waals surface area contributed by atoms with Gasteiger partial charge in [-0.05, 0) is 18.3 Å². The van der Waals surface area contributed by atoms with Gasteiger partial charge in [0.15, 0.2) is 0 Å². The van der Waals surface area contributed by atoms with Gasteiger partial charge in [0.2, 0.25) is 0 Å². The summed E-state index contributed by atoms with van der Waals surface area (Å²) in [5, 5.41) is 2.51. The van der Waals surface area contributed by atoms with E-state index in [1.54, 1.807) is 0 Å². The van der Waals surface area contributed by atoms with E-state index in [0.717, 1.165) is 6.42 Å². The molecule has 0 saturated carbocycles. The highest BCUT2D eigenvalue weighted by atomic mass is 16.3. The van der Waals surface area contributed by atoms with Crippen molar-refractivity contribution in [2.24, 2.45) is 22.2 Å². The highest BCUT2D eigenvalue weighted by molar-refractivity contribution is 5.80. The fourth-order valence-corrected chi connectivity index (χ4v) is 1.51. The van der Waals surface area contributed by atoms with Gasteiger partial charge in [-0.2, -0.15) is 0 Å². The third-order valence-electron chi connectivity index (χ3n) is 3.13. The van der Waals surface area contributed by atoms with E-state index in [1.807, 2.05) is 6.92 Å². The van der Waals surface area contributed by atoms with Gasteiger partial charge in [-0.15, -0.1) is 4.91 Å². The Bertz CT molecular complexity index is 227. The molecule has 1 amide bonds. The molecule has 0 heterocycles. The van der Waals surface area contributed by atoms with Gasteiger partial charge in [0.25, 0.3) is 5.91 Å². The first-order chi connectivity index (χ1) is 6.87. The fraction of sp³-hybridized carbons (Fsp3) is 0.909. The lowest BCUT2D eigenvalue weighted by atomic mass is 9.77. The van der Waals surface area contributed by atoms with Crippen molar-refractivity contribution in [3.63, 3.8) is 0 Å². The number of nitrogens with zero attached hydrogens (tertiary/aromatic N) is 1. The normalized spacial score (nSPS) is 15.8. The molecule has 2 unspecified atom stereocenters. The van der Waals surface area contributed by atoms with Crippen molar-refractivity contribution in [3.05, 3.63) is 4.91 Å². The van der Waals surface area contributed by atoms with Gasteiger partial charge in [-0.25, -0.2) is 0 Å². The van der Waals surface area contributed by atoms with Crippen LogP contribution in [0.3, 0.4) is 0 Å². The maximum atomic E-state index is 11.3. The first kappa shape index (κ1) is 14.2. The van der Waals surface area contributed by atoms with E-state index in [2.05, 4.69) is 25.9 Å². The lowest BCUT2D eigenvalue weighted by Gasteiger charge is -2.29. The Labute approximate surface area is 91.6 Å². The molecule has 0 saturated heterocycles. The van der Waals surface area contributed by atoms with Crippen molar-refractivity contribution in [1.82, 2.24) is 0 Å². The maximum absolute atomic E-state index is 11.3. The van der Waals surface area contributed by atoms with Crippen molar-refractivity contribution >= 4 is 5.91 Å². The minimum atomic E-state index is -0.606. The molecule has 0 rings (SSSR count). The quantitative estimate of drug-likeness (QED) is 0.690. The van der Waals surface area contributed by atoms with Crippen LogP contribution >= 0.6 is 0 Å². The molecule has 0 aromatic heterocycles. The molecule has 2 N–H and O–H groups in total. The number of carbonyl (C=O) groups is 1.